The van der Waals surface area contributed by atoms with Crippen molar-refractivity contribution in [2.45, 2.75) is 19.8 Å². The van der Waals surface area contributed by atoms with Crippen LogP contribution in [0.25, 0.3) is 0 Å². The SMILES string of the molecule is CCOC(=O)C1(C(=O)Oc2ccc(Br)cc2)CC1. The van der Waals surface area contributed by atoms with E-state index in [1.165, 1.54) is 0 Å². The standard InChI is InChI=1S/C13H13BrO4/c1-2-17-11(15)13(7-8-13)12(16)18-10-5-3-9(14)4-6-10/h3-6H,2,7-8H2,1H3. The first-order valence-electron chi connectivity index (χ1n) is 5.73. The zero-order valence-electron chi connectivity index (χ0n) is 9.94. The molecule has 0 aromatic heterocycles. The second-order valence-corrected chi connectivity index (χ2v) is 5.06. The van der Waals surface area contributed by atoms with Gasteiger partial charge in [0.25, 0.3) is 0 Å². The van der Waals surface area contributed by atoms with Gasteiger partial charge in [0.15, 0.2) is 5.41 Å². The molecule has 0 radical (unpaired) electrons. The predicted molar refractivity (Wildman–Crippen MR) is 68.1 cm³/mol. The van der Waals surface area contributed by atoms with Crippen molar-refractivity contribution in [1.29, 1.82) is 0 Å². The van der Waals surface area contributed by atoms with Gasteiger partial charge in [-0.3, -0.25) is 9.59 Å². The van der Waals surface area contributed by atoms with Crippen LogP contribution < -0.4 is 4.74 Å². The van der Waals surface area contributed by atoms with Crippen LogP contribution >= 0.6 is 15.9 Å². The summed E-state index contributed by atoms with van der Waals surface area (Å²) in [5.74, 6) is -0.575. The maximum atomic E-state index is 12.0. The second-order valence-electron chi connectivity index (χ2n) is 4.15. The van der Waals surface area contributed by atoms with Crippen LogP contribution in [0.1, 0.15) is 19.8 Å². The summed E-state index contributed by atoms with van der Waals surface area (Å²) in [6, 6.07) is 6.88. The molecule has 0 N–H and O–H groups in total. The molecule has 96 valence electrons. The first-order valence-corrected chi connectivity index (χ1v) is 6.53. The van der Waals surface area contributed by atoms with E-state index >= 15 is 0 Å². The minimum Gasteiger partial charge on any atom is -0.465 e. The van der Waals surface area contributed by atoms with Gasteiger partial charge >= 0.3 is 11.9 Å². The highest BCUT2D eigenvalue weighted by molar-refractivity contribution is 9.10. The molecule has 2 rings (SSSR count). The number of hydrogen-bond acceptors (Lipinski definition) is 4. The fraction of sp³-hybridized carbons (Fsp3) is 0.385. The maximum absolute atomic E-state index is 12.0. The molecule has 1 saturated carbocycles. The number of carbonyl (C=O) groups excluding carboxylic acids is 2. The molecule has 0 aliphatic heterocycles. The van der Waals surface area contributed by atoms with Crippen LogP contribution in [0.4, 0.5) is 0 Å². The van der Waals surface area contributed by atoms with Crippen molar-refractivity contribution in [3.05, 3.63) is 28.7 Å². The molecule has 1 aromatic carbocycles. The third kappa shape index (κ3) is 2.56. The molecule has 5 heteroatoms. The van der Waals surface area contributed by atoms with Crippen molar-refractivity contribution in [2.24, 2.45) is 5.41 Å². The van der Waals surface area contributed by atoms with Crippen LogP contribution in [-0.4, -0.2) is 18.5 Å². The van der Waals surface area contributed by atoms with Gasteiger partial charge in [-0.2, -0.15) is 0 Å². The van der Waals surface area contributed by atoms with Crippen molar-refractivity contribution in [3.8, 4) is 5.75 Å². The number of benzene rings is 1. The van der Waals surface area contributed by atoms with Gasteiger partial charge in [0, 0.05) is 4.47 Å². The predicted octanol–water partition coefficient (Wildman–Crippen LogP) is 2.70. The Morgan fingerprint density at radius 1 is 1.22 bits per heavy atom. The second kappa shape index (κ2) is 5.10. The van der Waals surface area contributed by atoms with Gasteiger partial charge < -0.3 is 9.47 Å². The molecule has 0 bridgehead atoms. The number of esters is 2. The number of halogens is 1. The van der Waals surface area contributed by atoms with Crippen molar-refractivity contribution in [3.63, 3.8) is 0 Å². The fourth-order valence-corrected chi connectivity index (χ4v) is 1.86. The van der Waals surface area contributed by atoms with Gasteiger partial charge in [-0.1, -0.05) is 15.9 Å². The highest BCUT2D eigenvalue weighted by atomic mass is 79.9. The van der Waals surface area contributed by atoms with Gasteiger partial charge in [0.1, 0.15) is 5.75 Å². The van der Waals surface area contributed by atoms with Crippen LogP contribution in [0, 0.1) is 5.41 Å². The highest BCUT2D eigenvalue weighted by Crippen LogP contribution is 2.48. The van der Waals surface area contributed by atoms with E-state index in [1.807, 2.05) is 0 Å². The van der Waals surface area contributed by atoms with Crippen molar-refractivity contribution >= 4 is 27.9 Å². The van der Waals surface area contributed by atoms with E-state index in [1.54, 1.807) is 31.2 Å². The summed E-state index contributed by atoms with van der Waals surface area (Å²) in [6.45, 7) is 1.99. The Hall–Kier alpha value is -1.36. The normalized spacial score (nSPS) is 15.9. The summed E-state index contributed by atoms with van der Waals surface area (Å²) in [5.41, 5.74) is -1.07. The Balaban J connectivity index is 2.04. The van der Waals surface area contributed by atoms with Crippen LogP contribution in [0.5, 0.6) is 5.75 Å². The molecular weight excluding hydrogens is 300 g/mol. The lowest BCUT2D eigenvalue weighted by Crippen LogP contribution is -2.31. The lowest BCUT2D eigenvalue weighted by Gasteiger charge is -2.12. The molecule has 1 aromatic rings. The molecule has 4 nitrogen and oxygen atoms in total. The minimum atomic E-state index is -1.07. The first kappa shape index (κ1) is 13.1. The molecule has 0 spiro atoms. The summed E-state index contributed by atoms with van der Waals surface area (Å²) in [5, 5.41) is 0. The molecule has 0 unspecified atom stereocenters. The van der Waals surface area contributed by atoms with E-state index in [2.05, 4.69) is 15.9 Å². The maximum Gasteiger partial charge on any atom is 0.328 e. The zero-order chi connectivity index (χ0) is 13.2. The van der Waals surface area contributed by atoms with E-state index in [0.717, 1.165) is 4.47 Å². The van der Waals surface area contributed by atoms with Crippen LogP contribution in [-0.2, 0) is 14.3 Å². The molecule has 1 aliphatic rings. The fourth-order valence-electron chi connectivity index (χ4n) is 1.59. The van der Waals surface area contributed by atoms with E-state index in [0.29, 0.717) is 18.6 Å². The van der Waals surface area contributed by atoms with E-state index < -0.39 is 17.4 Å². The van der Waals surface area contributed by atoms with E-state index in [9.17, 15) is 9.59 Å². The summed E-state index contributed by atoms with van der Waals surface area (Å²) in [7, 11) is 0. The first-order chi connectivity index (χ1) is 8.58. The summed E-state index contributed by atoms with van der Waals surface area (Å²) in [6.07, 6.45) is 1.00. The third-order valence-electron chi connectivity index (χ3n) is 2.83. The monoisotopic (exact) mass is 312 g/mol. The molecular formula is C13H13BrO4. The lowest BCUT2D eigenvalue weighted by molar-refractivity contribution is -0.159. The summed E-state index contributed by atoms with van der Waals surface area (Å²) >= 11 is 3.29. The van der Waals surface area contributed by atoms with Gasteiger partial charge in [0.2, 0.25) is 0 Å². The van der Waals surface area contributed by atoms with Gasteiger partial charge in [-0.25, -0.2) is 0 Å². The van der Waals surface area contributed by atoms with E-state index in [4.69, 9.17) is 9.47 Å². The van der Waals surface area contributed by atoms with Crippen molar-refractivity contribution in [1.82, 2.24) is 0 Å². The smallest absolute Gasteiger partial charge is 0.328 e. The average Bonchev–Trinajstić information content (AvgIpc) is 3.14. The average molecular weight is 313 g/mol. The Morgan fingerprint density at radius 3 is 2.33 bits per heavy atom. The van der Waals surface area contributed by atoms with Gasteiger partial charge in [0.05, 0.1) is 6.61 Å². The van der Waals surface area contributed by atoms with Crippen LogP contribution in [0.3, 0.4) is 0 Å². The van der Waals surface area contributed by atoms with Crippen LogP contribution in [0.2, 0.25) is 0 Å². The molecule has 0 atom stereocenters. The molecule has 1 fully saturated rings. The minimum absolute atomic E-state index is 0.270. The zero-order valence-corrected chi connectivity index (χ0v) is 11.5. The van der Waals surface area contributed by atoms with Crippen molar-refractivity contribution in [2.75, 3.05) is 6.61 Å². The van der Waals surface area contributed by atoms with E-state index in [-0.39, 0.29) is 6.61 Å². The lowest BCUT2D eigenvalue weighted by atomic mass is 10.1. The highest BCUT2D eigenvalue weighted by Gasteiger charge is 2.59. The quantitative estimate of drug-likeness (QED) is 0.487. The van der Waals surface area contributed by atoms with Crippen LogP contribution in [0.15, 0.2) is 28.7 Å². The molecule has 0 amide bonds. The molecule has 0 heterocycles. The van der Waals surface area contributed by atoms with Crippen molar-refractivity contribution < 1.29 is 19.1 Å². The summed E-state index contributed by atoms with van der Waals surface area (Å²) in [4.78, 5) is 23.6. The molecule has 1 aliphatic carbocycles. The number of ether oxygens (including phenoxy) is 2. The Morgan fingerprint density at radius 2 is 1.83 bits per heavy atom. The largest absolute Gasteiger partial charge is 0.465 e. The topological polar surface area (TPSA) is 52.6 Å². The number of rotatable bonds is 4. The Bertz CT molecular complexity index is 462. The molecule has 0 saturated heterocycles. The molecule has 18 heavy (non-hydrogen) atoms. The number of hydrogen-bond donors (Lipinski definition) is 0. The Kier molecular flexibility index (Phi) is 3.71. The summed E-state index contributed by atoms with van der Waals surface area (Å²) < 4.78 is 11.0. The van der Waals surface area contributed by atoms with Gasteiger partial charge in [-0.05, 0) is 44.0 Å². The Labute approximate surface area is 113 Å². The number of carbonyl (C=O) groups is 2. The van der Waals surface area contributed by atoms with Gasteiger partial charge in [-0.15, -0.1) is 0 Å². The third-order valence-corrected chi connectivity index (χ3v) is 3.36.